The Morgan fingerprint density at radius 1 is 1.32 bits per heavy atom. The quantitative estimate of drug-likeness (QED) is 0.471. The van der Waals surface area contributed by atoms with Crippen molar-refractivity contribution < 1.29 is 14.5 Å². The third kappa shape index (κ3) is 4.11. The number of rotatable bonds is 5. The maximum absolute atomic E-state index is 11.6. The number of anilines is 1. The van der Waals surface area contributed by atoms with E-state index in [-0.39, 0.29) is 24.4 Å². The minimum atomic E-state index is -0.588. The van der Waals surface area contributed by atoms with Gasteiger partial charge in [0.1, 0.15) is 11.3 Å². The molecule has 136 valence electrons. The highest BCUT2D eigenvalue weighted by Gasteiger charge is 2.26. The molecule has 0 unspecified atom stereocenters. The molecule has 2 heterocycles. The summed E-state index contributed by atoms with van der Waals surface area (Å²) in [6.07, 6.45) is -0.547. The lowest BCUT2D eigenvalue weighted by atomic mass is 10.1. The number of nitrogens with one attached hydrogen (secondary N) is 2. The summed E-state index contributed by atoms with van der Waals surface area (Å²) >= 11 is 0. The number of fused-ring (bicyclic) bond motifs is 1. The number of nitrogens with zero attached hydrogens (tertiary/aromatic N) is 5. The summed E-state index contributed by atoms with van der Waals surface area (Å²) in [4.78, 5) is 22.5. The van der Waals surface area contributed by atoms with Crippen LogP contribution in [-0.2, 0) is 4.74 Å². The van der Waals surface area contributed by atoms with Crippen LogP contribution in [0.1, 0.15) is 32.0 Å². The van der Waals surface area contributed by atoms with Crippen LogP contribution in [0.4, 0.5) is 16.2 Å². The summed E-state index contributed by atoms with van der Waals surface area (Å²) in [7, 11) is 0. The average Bonchev–Trinajstić information content (AvgIpc) is 2.95. The Morgan fingerprint density at radius 2 is 2.00 bits per heavy atom. The minimum absolute atomic E-state index is 0.0655. The zero-order valence-electron chi connectivity index (χ0n) is 14.8. The highest BCUT2D eigenvalue weighted by Crippen LogP contribution is 2.33. The number of pyridine rings is 1. The lowest BCUT2D eigenvalue weighted by Gasteiger charge is -2.20. The van der Waals surface area contributed by atoms with Crippen molar-refractivity contribution in [3.8, 4) is 0 Å². The number of nitro groups is 1. The second-order valence-electron chi connectivity index (χ2n) is 6.46. The fraction of sp³-hybridized carbons (Fsp3) is 0.571. The van der Waals surface area contributed by atoms with Gasteiger partial charge in [-0.25, -0.2) is 4.79 Å². The Balaban J connectivity index is 2.13. The van der Waals surface area contributed by atoms with Crippen LogP contribution < -0.4 is 10.6 Å². The van der Waals surface area contributed by atoms with E-state index >= 15 is 0 Å². The Hall–Kier alpha value is -2.98. The zero-order valence-corrected chi connectivity index (χ0v) is 14.8. The van der Waals surface area contributed by atoms with E-state index < -0.39 is 16.6 Å². The predicted octanol–water partition coefficient (Wildman–Crippen LogP) is 1.59. The summed E-state index contributed by atoms with van der Waals surface area (Å²) in [5.74, 6) is 0. The molecule has 11 heteroatoms. The summed E-state index contributed by atoms with van der Waals surface area (Å²) in [5, 5.41) is 28.0. The molecule has 0 aliphatic rings. The SMILES string of the molecule is Cc1c(NCCNC(=O)OC(C)(C)C)c([N+](=O)[O-])c2nnnn2c1C. The van der Waals surface area contributed by atoms with Crippen LogP contribution in [0.25, 0.3) is 5.65 Å². The lowest BCUT2D eigenvalue weighted by Crippen LogP contribution is -2.35. The van der Waals surface area contributed by atoms with Gasteiger partial charge in [0.15, 0.2) is 0 Å². The van der Waals surface area contributed by atoms with Crippen molar-refractivity contribution in [2.75, 3.05) is 18.4 Å². The van der Waals surface area contributed by atoms with E-state index in [0.29, 0.717) is 16.9 Å². The van der Waals surface area contributed by atoms with Crippen LogP contribution in [0.5, 0.6) is 0 Å². The Labute approximate surface area is 143 Å². The zero-order chi connectivity index (χ0) is 18.8. The number of carbonyl (C=O) groups excluding carboxylic acids is 1. The van der Waals surface area contributed by atoms with E-state index in [1.807, 2.05) is 0 Å². The molecule has 2 aromatic heterocycles. The van der Waals surface area contributed by atoms with Gasteiger partial charge in [0.25, 0.3) is 5.65 Å². The van der Waals surface area contributed by atoms with Gasteiger partial charge in [-0.3, -0.25) is 10.1 Å². The second-order valence-corrected chi connectivity index (χ2v) is 6.46. The van der Waals surface area contributed by atoms with Crippen molar-refractivity contribution in [1.29, 1.82) is 0 Å². The van der Waals surface area contributed by atoms with Gasteiger partial charge in [-0.15, -0.1) is 5.10 Å². The van der Waals surface area contributed by atoms with Crippen LogP contribution >= 0.6 is 0 Å². The Bertz CT molecular complexity index is 810. The topological polar surface area (TPSA) is 137 Å². The maximum Gasteiger partial charge on any atom is 0.407 e. The first kappa shape index (κ1) is 18.4. The predicted molar refractivity (Wildman–Crippen MR) is 89.6 cm³/mol. The van der Waals surface area contributed by atoms with E-state index in [0.717, 1.165) is 0 Å². The summed E-state index contributed by atoms with van der Waals surface area (Å²) in [5.41, 5.74) is 0.948. The number of tetrazole rings is 1. The Morgan fingerprint density at radius 3 is 2.60 bits per heavy atom. The van der Waals surface area contributed by atoms with Crippen LogP contribution in [0.2, 0.25) is 0 Å². The Kier molecular flexibility index (Phi) is 5.04. The molecule has 0 fully saturated rings. The van der Waals surface area contributed by atoms with Gasteiger partial charge >= 0.3 is 11.8 Å². The average molecular weight is 351 g/mol. The molecule has 0 radical (unpaired) electrons. The molecular weight excluding hydrogens is 330 g/mol. The number of aromatic nitrogens is 4. The largest absolute Gasteiger partial charge is 0.444 e. The normalized spacial score (nSPS) is 11.4. The molecule has 0 bridgehead atoms. The first-order valence-electron chi connectivity index (χ1n) is 7.68. The fourth-order valence-electron chi connectivity index (χ4n) is 2.25. The minimum Gasteiger partial charge on any atom is -0.444 e. The number of ether oxygens (including phenoxy) is 1. The molecule has 2 rings (SSSR count). The van der Waals surface area contributed by atoms with Crippen LogP contribution in [0, 0.1) is 24.0 Å². The first-order chi connectivity index (χ1) is 11.6. The van der Waals surface area contributed by atoms with Gasteiger partial charge in [-0.1, -0.05) is 0 Å². The van der Waals surface area contributed by atoms with Gasteiger partial charge in [-0.2, -0.15) is 4.52 Å². The van der Waals surface area contributed by atoms with Crippen LogP contribution in [0.15, 0.2) is 0 Å². The molecule has 0 aliphatic heterocycles. The summed E-state index contributed by atoms with van der Waals surface area (Å²) in [6, 6.07) is 0. The third-order valence-corrected chi connectivity index (χ3v) is 3.43. The van der Waals surface area contributed by atoms with Crippen molar-refractivity contribution in [2.24, 2.45) is 0 Å². The maximum atomic E-state index is 11.6. The molecule has 11 nitrogen and oxygen atoms in total. The smallest absolute Gasteiger partial charge is 0.407 e. The first-order valence-corrected chi connectivity index (χ1v) is 7.68. The van der Waals surface area contributed by atoms with E-state index in [9.17, 15) is 14.9 Å². The molecule has 0 atom stereocenters. The number of carbonyl (C=O) groups is 1. The standard InChI is InChI=1S/C14H21N7O4/c1-8-9(2)20-12(17-18-19-20)11(21(23)24)10(8)15-6-7-16-13(22)25-14(3,4)5/h15H,6-7H2,1-5H3,(H,16,22). The third-order valence-electron chi connectivity index (χ3n) is 3.43. The molecule has 2 N–H and O–H groups in total. The highest BCUT2D eigenvalue weighted by molar-refractivity contribution is 5.78. The van der Waals surface area contributed by atoms with Gasteiger partial charge in [0.05, 0.1) is 4.92 Å². The van der Waals surface area contributed by atoms with Gasteiger partial charge in [-0.05, 0) is 45.0 Å². The van der Waals surface area contributed by atoms with Crippen LogP contribution in [-0.4, -0.2) is 49.7 Å². The fourth-order valence-corrected chi connectivity index (χ4v) is 2.25. The molecule has 25 heavy (non-hydrogen) atoms. The molecule has 0 aromatic carbocycles. The number of hydrogen-bond acceptors (Lipinski definition) is 8. The van der Waals surface area contributed by atoms with Crippen molar-refractivity contribution in [2.45, 2.75) is 40.2 Å². The lowest BCUT2D eigenvalue weighted by molar-refractivity contribution is -0.382. The second kappa shape index (κ2) is 6.87. The van der Waals surface area contributed by atoms with Crippen molar-refractivity contribution >= 4 is 23.1 Å². The summed E-state index contributed by atoms with van der Waals surface area (Å²) < 4.78 is 6.46. The van der Waals surface area contributed by atoms with Crippen molar-refractivity contribution in [1.82, 2.24) is 25.4 Å². The van der Waals surface area contributed by atoms with E-state index in [2.05, 4.69) is 26.2 Å². The van der Waals surface area contributed by atoms with Crippen LogP contribution in [0.3, 0.4) is 0 Å². The molecule has 0 aliphatic carbocycles. The van der Waals surface area contributed by atoms with Crippen molar-refractivity contribution in [3.05, 3.63) is 21.4 Å². The molecule has 2 aromatic rings. The number of aryl methyl sites for hydroxylation is 1. The monoisotopic (exact) mass is 351 g/mol. The molecule has 0 spiro atoms. The summed E-state index contributed by atoms with van der Waals surface area (Å²) in [6.45, 7) is 9.32. The molecule has 1 amide bonds. The number of alkyl carbamates (subject to hydrolysis) is 1. The number of amides is 1. The number of hydrogen-bond donors (Lipinski definition) is 2. The van der Waals surface area contributed by atoms with Gasteiger partial charge < -0.3 is 15.4 Å². The van der Waals surface area contributed by atoms with E-state index in [1.54, 1.807) is 34.6 Å². The van der Waals surface area contributed by atoms with Crippen molar-refractivity contribution in [3.63, 3.8) is 0 Å². The van der Waals surface area contributed by atoms with Gasteiger partial charge in [0, 0.05) is 24.3 Å². The highest BCUT2D eigenvalue weighted by atomic mass is 16.6. The van der Waals surface area contributed by atoms with Gasteiger partial charge in [0.2, 0.25) is 0 Å². The molecule has 0 saturated carbocycles. The molecular formula is C14H21N7O4. The van der Waals surface area contributed by atoms with E-state index in [4.69, 9.17) is 4.74 Å². The van der Waals surface area contributed by atoms with E-state index in [1.165, 1.54) is 4.52 Å². The molecule has 0 saturated heterocycles.